The fraction of sp³-hybridized carbons (Fsp3) is 0.769. The fourth-order valence-corrected chi connectivity index (χ4v) is 5.23. The minimum Gasteiger partial charge on any atom is -0.321 e. The normalized spacial score (nSPS) is 12.9. The van der Waals surface area contributed by atoms with Crippen LogP contribution in [0.15, 0.2) is 24.3 Å². The minimum absolute atomic E-state index is 0.230. The van der Waals surface area contributed by atoms with Crippen LogP contribution >= 0.6 is 7.60 Å². The Labute approximate surface area is 186 Å². The number of unbranched alkanes of at least 4 members (excludes halogenated alkanes) is 12. The molecule has 1 rings (SSSR count). The van der Waals surface area contributed by atoms with Crippen molar-refractivity contribution in [3.05, 3.63) is 29.8 Å². The molecule has 1 atom stereocenters. The van der Waals surface area contributed by atoms with Gasteiger partial charge in [0.2, 0.25) is 0 Å². The summed E-state index contributed by atoms with van der Waals surface area (Å²) in [5.74, 6) is 0.531. The quantitative estimate of drug-likeness (QED) is 0.170. The first kappa shape index (κ1) is 27.4. The molecule has 0 saturated carbocycles. The molecule has 0 aliphatic carbocycles. The summed E-state index contributed by atoms with van der Waals surface area (Å²) >= 11 is 0. The Balaban J connectivity index is 2.51. The molecule has 0 aromatic heterocycles. The van der Waals surface area contributed by atoms with Crippen LogP contribution in [0.3, 0.4) is 0 Å². The third-order valence-corrected chi connectivity index (χ3v) is 7.31. The molecule has 0 amide bonds. The SMILES string of the molecule is CCCCCCCCCCC(CCCCCCCC)Cc1ccccc1P(=O)(O)O. The van der Waals surface area contributed by atoms with E-state index in [0.29, 0.717) is 5.92 Å². The largest absolute Gasteiger partial charge is 0.356 e. The van der Waals surface area contributed by atoms with Crippen LogP contribution in [0.2, 0.25) is 0 Å². The lowest BCUT2D eigenvalue weighted by molar-refractivity contribution is 0.384. The number of hydrogen-bond acceptors (Lipinski definition) is 1. The second-order valence-corrected chi connectivity index (χ2v) is 10.6. The van der Waals surface area contributed by atoms with E-state index in [2.05, 4.69) is 13.8 Å². The Morgan fingerprint density at radius 2 is 1.13 bits per heavy atom. The average molecular weight is 439 g/mol. The third-order valence-electron chi connectivity index (χ3n) is 6.25. The van der Waals surface area contributed by atoms with E-state index >= 15 is 0 Å². The monoisotopic (exact) mass is 438 g/mol. The van der Waals surface area contributed by atoms with E-state index in [1.165, 1.54) is 103 Å². The van der Waals surface area contributed by atoms with Gasteiger partial charge in [-0.25, -0.2) is 0 Å². The molecule has 0 aliphatic heterocycles. The zero-order valence-electron chi connectivity index (χ0n) is 19.7. The Morgan fingerprint density at radius 1 is 0.700 bits per heavy atom. The molecule has 1 unspecified atom stereocenters. The molecule has 0 spiro atoms. The van der Waals surface area contributed by atoms with Crippen LogP contribution in [0.1, 0.15) is 122 Å². The van der Waals surface area contributed by atoms with Crippen molar-refractivity contribution in [3.63, 3.8) is 0 Å². The average Bonchev–Trinajstić information content (AvgIpc) is 2.71. The van der Waals surface area contributed by atoms with Crippen molar-refractivity contribution in [2.45, 2.75) is 123 Å². The van der Waals surface area contributed by atoms with Gasteiger partial charge in [-0.15, -0.1) is 0 Å². The van der Waals surface area contributed by atoms with Gasteiger partial charge in [0.05, 0.1) is 5.30 Å². The molecule has 0 bridgehead atoms. The van der Waals surface area contributed by atoms with Crippen LogP contribution in [0.5, 0.6) is 0 Å². The van der Waals surface area contributed by atoms with Crippen LogP contribution < -0.4 is 5.30 Å². The fourth-order valence-electron chi connectivity index (χ4n) is 4.41. The van der Waals surface area contributed by atoms with Gasteiger partial charge in [-0.2, -0.15) is 0 Å². The highest BCUT2D eigenvalue weighted by Crippen LogP contribution is 2.36. The van der Waals surface area contributed by atoms with Gasteiger partial charge in [-0.05, 0) is 24.0 Å². The Bertz CT molecular complexity index is 581. The van der Waals surface area contributed by atoms with E-state index in [9.17, 15) is 14.4 Å². The second kappa shape index (κ2) is 17.0. The molecule has 0 heterocycles. The van der Waals surface area contributed by atoms with Crippen molar-refractivity contribution in [1.29, 1.82) is 0 Å². The van der Waals surface area contributed by atoms with Crippen LogP contribution in [-0.2, 0) is 11.0 Å². The standard InChI is InChI=1S/C26H47O3P/c1-3-5-7-9-11-12-14-16-20-24(19-15-13-10-8-6-4-2)23-25-21-17-18-22-26(25)30(27,28)29/h17-18,21-22,24H,3-16,19-20,23H2,1-2H3,(H2,27,28,29). The molecular formula is C26H47O3P. The lowest BCUT2D eigenvalue weighted by atomic mass is 9.88. The van der Waals surface area contributed by atoms with E-state index in [-0.39, 0.29) is 5.30 Å². The number of rotatable bonds is 19. The van der Waals surface area contributed by atoms with Crippen molar-refractivity contribution < 1.29 is 14.4 Å². The summed E-state index contributed by atoms with van der Waals surface area (Å²) in [6, 6.07) is 7.16. The summed E-state index contributed by atoms with van der Waals surface area (Å²) in [6.07, 6.45) is 21.6. The van der Waals surface area contributed by atoms with E-state index < -0.39 is 7.60 Å². The van der Waals surface area contributed by atoms with E-state index in [1.54, 1.807) is 12.1 Å². The van der Waals surface area contributed by atoms with E-state index in [0.717, 1.165) is 12.0 Å². The van der Waals surface area contributed by atoms with Gasteiger partial charge in [0.15, 0.2) is 0 Å². The predicted octanol–water partition coefficient (Wildman–Crippen LogP) is 7.93. The minimum atomic E-state index is -4.21. The van der Waals surface area contributed by atoms with Gasteiger partial charge in [0.1, 0.15) is 0 Å². The maximum absolute atomic E-state index is 11.9. The molecule has 2 N–H and O–H groups in total. The Hall–Kier alpha value is -0.630. The van der Waals surface area contributed by atoms with Crippen LogP contribution in [-0.4, -0.2) is 9.79 Å². The van der Waals surface area contributed by atoms with E-state index in [1.807, 2.05) is 12.1 Å². The van der Waals surface area contributed by atoms with Crippen molar-refractivity contribution in [3.8, 4) is 0 Å². The summed E-state index contributed by atoms with van der Waals surface area (Å²) in [6.45, 7) is 4.51. The number of hydrogen-bond donors (Lipinski definition) is 2. The van der Waals surface area contributed by atoms with E-state index in [4.69, 9.17) is 0 Å². The highest BCUT2D eigenvalue weighted by molar-refractivity contribution is 7.60. The van der Waals surface area contributed by atoms with Crippen molar-refractivity contribution in [2.75, 3.05) is 0 Å². The Kier molecular flexibility index (Phi) is 15.5. The number of benzene rings is 1. The molecule has 3 nitrogen and oxygen atoms in total. The van der Waals surface area contributed by atoms with Crippen LogP contribution in [0.4, 0.5) is 0 Å². The Morgan fingerprint density at radius 3 is 1.60 bits per heavy atom. The van der Waals surface area contributed by atoms with Gasteiger partial charge >= 0.3 is 7.60 Å². The second-order valence-electron chi connectivity index (χ2n) is 9.06. The lowest BCUT2D eigenvalue weighted by Gasteiger charge is -2.19. The summed E-state index contributed by atoms with van der Waals surface area (Å²) < 4.78 is 11.9. The summed E-state index contributed by atoms with van der Waals surface area (Å²) in [7, 11) is -4.21. The molecule has 1 aromatic rings. The molecule has 0 fully saturated rings. The molecule has 30 heavy (non-hydrogen) atoms. The summed E-state index contributed by atoms with van der Waals surface area (Å²) in [5.41, 5.74) is 0.849. The van der Waals surface area contributed by atoms with Gasteiger partial charge in [-0.1, -0.05) is 135 Å². The first-order chi connectivity index (χ1) is 14.5. The molecule has 1 aromatic carbocycles. The molecule has 0 saturated heterocycles. The van der Waals surface area contributed by atoms with Crippen molar-refractivity contribution >= 4 is 12.9 Å². The molecule has 4 heteroatoms. The third kappa shape index (κ3) is 12.9. The first-order valence-corrected chi connectivity index (χ1v) is 14.2. The zero-order chi connectivity index (χ0) is 22.1. The molecular weight excluding hydrogens is 391 g/mol. The van der Waals surface area contributed by atoms with Gasteiger partial charge < -0.3 is 9.79 Å². The molecule has 0 radical (unpaired) electrons. The lowest BCUT2D eigenvalue weighted by Crippen LogP contribution is -2.15. The summed E-state index contributed by atoms with van der Waals surface area (Å²) in [5, 5.41) is 0.230. The van der Waals surface area contributed by atoms with Crippen molar-refractivity contribution in [1.82, 2.24) is 0 Å². The van der Waals surface area contributed by atoms with Gasteiger partial charge in [0.25, 0.3) is 0 Å². The van der Waals surface area contributed by atoms with Gasteiger partial charge in [-0.3, -0.25) is 4.57 Å². The van der Waals surface area contributed by atoms with Crippen molar-refractivity contribution in [2.24, 2.45) is 5.92 Å². The van der Waals surface area contributed by atoms with Crippen LogP contribution in [0, 0.1) is 5.92 Å². The highest BCUT2D eigenvalue weighted by Gasteiger charge is 2.22. The van der Waals surface area contributed by atoms with Crippen LogP contribution in [0.25, 0.3) is 0 Å². The smallest absolute Gasteiger partial charge is 0.321 e. The van der Waals surface area contributed by atoms with Gasteiger partial charge in [0, 0.05) is 0 Å². The molecule has 0 aliphatic rings. The topological polar surface area (TPSA) is 57.5 Å². The first-order valence-electron chi connectivity index (χ1n) is 12.6. The summed E-state index contributed by atoms with van der Waals surface area (Å²) in [4.78, 5) is 19.5. The highest BCUT2D eigenvalue weighted by atomic mass is 31.2. The molecule has 174 valence electrons. The maximum atomic E-state index is 11.9. The predicted molar refractivity (Wildman–Crippen MR) is 131 cm³/mol. The maximum Gasteiger partial charge on any atom is 0.356 e. The zero-order valence-corrected chi connectivity index (χ0v) is 20.6.